The summed E-state index contributed by atoms with van der Waals surface area (Å²) in [7, 11) is 0. The van der Waals surface area contributed by atoms with Crippen LogP contribution in [-0.2, 0) is 22.3 Å². The first-order chi connectivity index (χ1) is 10.1. The molecule has 0 N–H and O–H groups in total. The van der Waals surface area contributed by atoms with Crippen molar-refractivity contribution in [2.45, 2.75) is 47.0 Å². The van der Waals surface area contributed by atoms with Crippen molar-refractivity contribution < 1.29 is 14.3 Å². The highest BCUT2D eigenvalue weighted by Gasteiger charge is 2.09. The van der Waals surface area contributed by atoms with Gasteiger partial charge in [0.15, 0.2) is 0 Å². The van der Waals surface area contributed by atoms with Gasteiger partial charge >= 0.3 is 5.97 Å². The van der Waals surface area contributed by atoms with Crippen LogP contribution >= 0.6 is 0 Å². The minimum atomic E-state index is -0.257. The number of rotatable bonds is 9. The molecule has 0 saturated carbocycles. The van der Waals surface area contributed by atoms with Crippen molar-refractivity contribution >= 4 is 5.97 Å². The van der Waals surface area contributed by atoms with Crippen LogP contribution in [0.2, 0.25) is 0 Å². The highest BCUT2D eigenvalue weighted by atomic mass is 16.6. The standard InChI is InChI=1S/C18H28O3/c1-5-15-11-16(6-2)13-17(12-15)18(19)21-10-9-20-8-7-14(3)4/h11-14H,5-10H2,1-4H3. The Morgan fingerprint density at radius 1 is 1.00 bits per heavy atom. The molecule has 0 unspecified atom stereocenters. The first-order valence-corrected chi connectivity index (χ1v) is 7.94. The summed E-state index contributed by atoms with van der Waals surface area (Å²) < 4.78 is 10.7. The van der Waals surface area contributed by atoms with E-state index in [1.54, 1.807) is 0 Å². The molecule has 0 heterocycles. The number of carbonyl (C=O) groups is 1. The molecule has 0 saturated heterocycles. The van der Waals surface area contributed by atoms with Crippen LogP contribution < -0.4 is 0 Å². The summed E-state index contributed by atoms with van der Waals surface area (Å²) in [6.07, 6.45) is 2.88. The summed E-state index contributed by atoms with van der Waals surface area (Å²) in [6, 6.07) is 5.98. The van der Waals surface area contributed by atoms with E-state index in [0.29, 0.717) is 24.7 Å². The number of aryl methyl sites for hydroxylation is 2. The second-order valence-electron chi connectivity index (χ2n) is 5.68. The Labute approximate surface area is 128 Å². The molecule has 0 aliphatic heterocycles. The Morgan fingerprint density at radius 2 is 1.62 bits per heavy atom. The van der Waals surface area contributed by atoms with Crippen LogP contribution in [0.25, 0.3) is 0 Å². The van der Waals surface area contributed by atoms with Crippen molar-refractivity contribution in [3.05, 3.63) is 34.9 Å². The lowest BCUT2D eigenvalue weighted by Gasteiger charge is -2.09. The summed E-state index contributed by atoms with van der Waals surface area (Å²) in [5, 5.41) is 0. The van der Waals surface area contributed by atoms with Crippen LogP contribution in [0.4, 0.5) is 0 Å². The van der Waals surface area contributed by atoms with Gasteiger partial charge in [-0.1, -0.05) is 33.8 Å². The van der Waals surface area contributed by atoms with Gasteiger partial charge in [0.05, 0.1) is 12.2 Å². The van der Waals surface area contributed by atoms with E-state index < -0.39 is 0 Å². The van der Waals surface area contributed by atoms with E-state index in [1.165, 1.54) is 11.1 Å². The average Bonchev–Trinajstić information content (AvgIpc) is 2.49. The van der Waals surface area contributed by atoms with Gasteiger partial charge in [0.1, 0.15) is 6.61 Å². The van der Waals surface area contributed by atoms with E-state index >= 15 is 0 Å². The molecule has 0 atom stereocenters. The fraction of sp³-hybridized carbons (Fsp3) is 0.611. The Balaban J connectivity index is 2.41. The molecule has 21 heavy (non-hydrogen) atoms. The third-order valence-electron chi connectivity index (χ3n) is 3.41. The molecule has 3 heteroatoms. The SMILES string of the molecule is CCc1cc(CC)cc(C(=O)OCCOCCC(C)C)c1. The van der Waals surface area contributed by atoms with Crippen LogP contribution in [0.3, 0.4) is 0 Å². The van der Waals surface area contributed by atoms with Gasteiger partial charge in [0, 0.05) is 6.61 Å². The summed E-state index contributed by atoms with van der Waals surface area (Å²) in [5.41, 5.74) is 3.00. The number of esters is 1. The number of ether oxygens (including phenoxy) is 2. The van der Waals surface area contributed by atoms with Crippen molar-refractivity contribution in [3.8, 4) is 0 Å². The van der Waals surface area contributed by atoms with E-state index in [1.807, 2.05) is 12.1 Å². The maximum Gasteiger partial charge on any atom is 0.338 e. The lowest BCUT2D eigenvalue weighted by molar-refractivity contribution is 0.0303. The van der Waals surface area contributed by atoms with Crippen LogP contribution in [0, 0.1) is 5.92 Å². The molecule has 0 aliphatic rings. The number of hydrogen-bond acceptors (Lipinski definition) is 3. The van der Waals surface area contributed by atoms with E-state index in [0.717, 1.165) is 25.9 Å². The third kappa shape index (κ3) is 6.76. The maximum absolute atomic E-state index is 12.0. The maximum atomic E-state index is 12.0. The molecular formula is C18H28O3. The number of hydrogen-bond donors (Lipinski definition) is 0. The second-order valence-corrected chi connectivity index (χ2v) is 5.68. The second kappa shape index (κ2) is 9.56. The van der Waals surface area contributed by atoms with Crippen LogP contribution in [0.15, 0.2) is 18.2 Å². The van der Waals surface area contributed by atoms with Crippen molar-refractivity contribution in [1.82, 2.24) is 0 Å². The zero-order chi connectivity index (χ0) is 15.7. The van der Waals surface area contributed by atoms with Gasteiger partial charge in [-0.25, -0.2) is 4.79 Å². The number of carbonyl (C=O) groups excluding carboxylic acids is 1. The van der Waals surface area contributed by atoms with Gasteiger partial charge in [0.2, 0.25) is 0 Å². The lowest BCUT2D eigenvalue weighted by atomic mass is 10.0. The lowest BCUT2D eigenvalue weighted by Crippen LogP contribution is -2.12. The van der Waals surface area contributed by atoms with Crippen LogP contribution in [0.5, 0.6) is 0 Å². The van der Waals surface area contributed by atoms with Gasteiger partial charge in [-0.05, 0) is 48.4 Å². The Hall–Kier alpha value is -1.35. The molecule has 118 valence electrons. The van der Waals surface area contributed by atoms with E-state index in [4.69, 9.17) is 9.47 Å². The van der Waals surface area contributed by atoms with Crippen molar-refractivity contribution in [2.24, 2.45) is 5.92 Å². The summed E-state index contributed by atoms with van der Waals surface area (Å²) >= 11 is 0. The molecule has 0 aromatic heterocycles. The highest BCUT2D eigenvalue weighted by molar-refractivity contribution is 5.89. The molecule has 1 aromatic rings. The number of benzene rings is 1. The van der Waals surface area contributed by atoms with Gasteiger partial charge in [-0.3, -0.25) is 0 Å². The molecule has 0 bridgehead atoms. The van der Waals surface area contributed by atoms with E-state index in [-0.39, 0.29) is 5.97 Å². The summed E-state index contributed by atoms with van der Waals surface area (Å²) in [5.74, 6) is 0.379. The quantitative estimate of drug-likeness (QED) is 0.509. The molecule has 1 rings (SSSR count). The molecule has 0 aliphatic carbocycles. The summed E-state index contributed by atoms with van der Waals surface area (Å²) in [4.78, 5) is 12.0. The first-order valence-electron chi connectivity index (χ1n) is 7.94. The van der Waals surface area contributed by atoms with Crippen molar-refractivity contribution in [3.63, 3.8) is 0 Å². The first kappa shape index (κ1) is 17.7. The molecule has 0 amide bonds. The largest absolute Gasteiger partial charge is 0.460 e. The monoisotopic (exact) mass is 292 g/mol. The van der Waals surface area contributed by atoms with Gasteiger partial charge < -0.3 is 9.47 Å². The van der Waals surface area contributed by atoms with Gasteiger partial charge in [-0.2, -0.15) is 0 Å². The molecule has 0 radical (unpaired) electrons. The Morgan fingerprint density at radius 3 is 2.14 bits per heavy atom. The fourth-order valence-corrected chi connectivity index (χ4v) is 1.99. The van der Waals surface area contributed by atoms with Crippen molar-refractivity contribution in [1.29, 1.82) is 0 Å². The third-order valence-corrected chi connectivity index (χ3v) is 3.41. The molecule has 3 nitrogen and oxygen atoms in total. The molecule has 1 aromatic carbocycles. The van der Waals surface area contributed by atoms with Gasteiger partial charge in [-0.15, -0.1) is 0 Å². The minimum Gasteiger partial charge on any atom is -0.460 e. The highest BCUT2D eigenvalue weighted by Crippen LogP contribution is 2.13. The van der Waals surface area contributed by atoms with Crippen LogP contribution in [0.1, 0.15) is 55.6 Å². The average molecular weight is 292 g/mol. The molecule has 0 fully saturated rings. The summed E-state index contributed by atoms with van der Waals surface area (Å²) in [6.45, 7) is 10.0. The van der Waals surface area contributed by atoms with Gasteiger partial charge in [0.25, 0.3) is 0 Å². The predicted octanol–water partition coefficient (Wildman–Crippen LogP) is 4.03. The molecular weight excluding hydrogens is 264 g/mol. The van der Waals surface area contributed by atoms with Crippen LogP contribution in [-0.4, -0.2) is 25.8 Å². The zero-order valence-electron chi connectivity index (χ0n) is 13.8. The Kier molecular flexibility index (Phi) is 8.06. The normalized spacial score (nSPS) is 10.9. The minimum absolute atomic E-state index is 0.257. The fourth-order valence-electron chi connectivity index (χ4n) is 1.99. The van der Waals surface area contributed by atoms with E-state index in [2.05, 4.69) is 33.8 Å². The van der Waals surface area contributed by atoms with Crippen molar-refractivity contribution in [2.75, 3.05) is 19.8 Å². The zero-order valence-corrected chi connectivity index (χ0v) is 13.8. The topological polar surface area (TPSA) is 35.5 Å². The Bertz CT molecular complexity index is 416. The molecule has 0 spiro atoms. The predicted molar refractivity (Wildman–Crippen MR) is 85.8 cm³/mol. The van der Waals surface area contributed by atoms with E-state index in [9.17, 15) is 4.79 Å². The smallest absolute Gasteiger partial charge is 0.338 e.